The summed E-state index contributed by atoms with van der Waals surface area (Å²) in [5.41, 5.74) is 2.66. The van der Waals surface area contributed by atoms with Crippen LogP contribution >= 0.6 is 12.4 Å². The zero-order chi connectivity index (χ0) is 17.1. The van der Waals surface area contributed by atoms with Crippen LogP contribution in [0.25, 0.3) is 0 Å². The molecule has 1 saturated heterocycles. The third-order valence-electron chi connectivity index (χ3n) is 4.37. The van der Waals surface area contributed by atoms with Crippen molar-refractivity contribution in [1.29, 1.82) is 0 Å². The van der Waals surface area contributed by atoms with Gasteiger partial charge in [0.15, 0.2) is 5.78 Å². The van der Waals surface area contributed by atoms with E-state index in [-0.39, 0.29) is 30.1 Å². The Morgan fingerprint density at radius 3 is 2.32 bits per heavy atom. The van der Waals surface area contributed by atoms with Crippen LogP contribution in [0.4, 0.5) is 0 Å². The van der Waals surface area contributed by atoms with Gasteiger partial charge in [-0.1, -0.05) is 48.0 Å². The van der Waals surface area contributed by atoms with E-state index in [4.69, 9.17) is 0 Å². The number of carbonyl (C=O) groups is 2. The number of amides is 1. The van der Waals surface area contributed by atoms with Crippen molar-refractivity contribution in [3.8, 4) is 0 Å². The first-order valence-electron chi connectivity index (χ1n) is 8.29. The highest BCUT2D eigenvalue weighted by Gasteiger charge is 2.25. The summed E-state index contributed by atoms with van der Waals surface area (Å²) in [4.78, 5) is 27.6. The molecular weight excluding hydrogens is 336 g/mol. The lowest BCUT2D eigenvalue weighted by Gasteiger charge is -2.32. The summed E-state index contributed by atoms with van der Waals surface area (Å²) in [5, 5.41) is 3.33. The van der Waals surface area contributed by atoms with Crippen LogP contribution in [-0.2, 0) is 0 Å². The van der Waals surface area contributed by atoms with Crippen LogP contribution in [0.1, 0.15) is 38.8 Å². The predicted molar refractivity (Wildman–Crippen MR) is 102 cm³/mol. The predicted octanol–water partition coefficient (Wildman–Crippen LogP) is 3.08. The van der Waals surface area contributed by atoms with Gasteiger partial charge in [-0.15, -0.1) is 12.4 Å². The van der Waals surface area contributed by atoms with Crippen LogP contribution in [0.3, 0.4) is 0 Å². The number of nitrogens with zero attached hydrogens (tertiary/aromatic N) is 1. The highest BCUT2D eigenvalue weighted by Crippen LogP contribution is 2.18. The maximum atomic E-state index is 12.9. The van der Waals surface area contributed by atoms with Crippen LogP contribution in [0.15, 0.2) is 48.5 Å². The number of rotatable bonds is 3. The Balaban J connectivity index is 0.00000225. The van der Waals surface area contributed by atoms with Crippen molar-refractivity contribution in [3.05, 3.63) is 70.8 Å². The molecule has 1 N–H and O–H groups in total. The second-order valence-electron chi connectivity index (χ2n) is 6.35. The number of halogens is 1. The SMILES string of the molecule is Cc1ccc(C(=O)c2ccccc2C(=O)N2CCNC(C)C2)cc1.Cl. The molecule has 1 fully saturated rings. The van der Waals surface area contributed by atoms with Gasteiger partial charge in [-0.05, 0) is 19.9 Å². The van der Waals surface area contributed by atoms with E-state index in [1.54, 1.807) is 18.2 Å². The van der Waals surface area contributed by atoms with Gasteiger partial charge in [-0.2, -0.15) is 0 Å². The summed E-state index contributed by atoms with van der Waals surface area (Å²) < 4.78 is 0. The Morgan fingerprint density at radius 1 is 1.04 bits per heavy atom. The molecule has 0 aliphatic carbocycles. The van der Waals surface area contributed by atoms with E-state index >= 15 is 0 Å². The minimum absolute atomic E-state index is 0. The smallest absolute Gasteiger partial charge is 0.254 e. The van der Waals surface area contributed by atoms with E-state index in [0.717, 1.165) is 12.1 Å². The summed E-state index contributed by atoms with van der Waals surface area (Å²) in [6.45, 7) is 6.14. The molecule has 0 aromatic heterocycles. The molecule has 25 heavy (non-hydrogen) atoms. The zero-order valence-electron chi connectivity index (χ0n) is 14.5. The average molecular weight is 359 g/mol. The fraction of sp³-hybridized carbons (Fsp3) is 0.300. The summed E-state index contributed by atoms with van der Waals surface area (Å²) >= 11 is 0. The summed E-state index contributed by atoms with van der Waals surface area (Å²) in [7, 11) is 0. The Bertz CT molecular complexity index is 759. The molecule has 1 amide bonds. The average Bonchev–Trinajstić information content (AvgIpc) is 2.61. The number of hydrogen-bond acceptors (Lipinski definition) is 3. The largest absolute Gasteiger partial charge is 0.336 e. The van der Waals surface area contributed by atoms with Crippen LogP contribution in [0, 0.1) is 6.92 Å². The molecule has 4 nitrogen and oxygen atoms in total. The number of carbonyl (C=O) groups excluding carboxylic acids is 2. The lowest BCUT2D eigenvalue weighted by molar-refractivity contribution is 0.0705. The summed E-state index contributed by atoms with van der Waals surface area (Å²) in [6.07, 6.45) is 0. The van der Waals surface area contributed by atoms with Crippen molar-refractivity contribution in [1.82, 2.24) is 10.2 Å². The molecule has 1 heterocycles. The first-order valence-corrected chi connectivity index (χ1v) is 8.29. The van der Waals surface area contributed by atoms with Crippen LogP contribution in [0.2, 0.25) is 0 Å². The molecule has 5 heteroatoms. The molecule has 1 unspecified atom stereocenters. The van der Waals surface area contributed by atoms with Crippen molar-refractivity contribution in [2.24, 2.45) is 0 Å². The van der Waals surface area contributed by atoms with Gasteiger partial charge < -0.3 is 10.2 Å². The quantitative estimate of drug-likeness (QED) is 0.858. The van der Waals surface area contributed by atoms with E-state index in [2.05, 4.69) is 12.2 Å². The standard InChI is InChI=1S/C20H22N2O2.ClH/c1-14-7-9-16(10-8-14)19(23)17-5-3-4-6-18(17)20(24)22-12-11-21-15(2)13-22;/h3-10,15,21H,11-13H2,1-2H3;1H. The Labute approximate surface area is 154 Å². The lowest BCUT2D eigenvalue weighted by atomic mass is 9.97. The third-order valence-corrected chi connectivity index (χ3v) is 4.37. The lowest BCUT2D eigenvalue weighted by Crippen LogP contribution is -2.51. The fourth-order valence-corrected chi connectivity index (χ4v) is 3.02. The van der Waals surface area contributed by atoms with Crippen molar-refractivity contribution in [2.75, 3.05) is 19.6 Å². The van der Waals surface area contributed by atoms with Gasteiger partial charge in [0.05, 0.1) is 5.56 Å². The number of aryl methyl sites for hydroxylation is 1. The van der Waals surface area contributed by atoms with Crippen molar-refractivity contribution in [3.63, 3.8) is 0 Å². The highest BCUT2D eigenvalue weighted by atomic mass is 35.5. The second kappa shape index (κ2) is 8.28. The maximum absolute atomic E-state index is 12.9. The van der Waals surface area contributed by atoms with E-state index < -0.39 is 0 Å². The van der Waals surface area contributed by atoms with Gasteiger partial charge in [-0.3, -0.25) is 9.59 Å². The molecular formula is C20H23ClN2O2. The van der Waals surface area contributed by atoms with Crippen LogP contribution in [-0.4, -0.2) is 42.3 Å². The second-order valence-corrected chi connectivity index (χ2v) is 6.35. The highest BCUT2D eigenvalue weighted by molar-refractivity contribution is 6.15. The van der Waals surface area contributed by atoms with Gasteiger partial charge in [0.25, 0.3) is 5.91 Å². The molecule has 1 aliphatic rings. The molecule has 2 aromatic rings. The molecule has 1 aliphatic heterocycles. The molecule has 0 radical (unpaired) electrons. The van der Waals surface area contributed by atoms with Gasteiger partial charge in [0, 0.05) is 36.8 Å². The van der Waals surface area contributed by atoms with Gasteiger partial charge in [0.2, 0.25) is 0 Å². The van der Waals surface area contributed by atoms with Gasteiger partial charge in [-0.25, -0.2) is 0 Å². The molecule has 132 valence electrons. The Morgan fingerprint density at radius 2 is 1.68 bits per heavy atom. The molecule has 0 saturated carbocycles. The van der Waals surface area contributed by atoms with E-state index in [1.807, 2.05) is 42.2 Å². The Kier molecular flexibility index (Phi) is 6.34. The zero-order valence-corrected chi connectivity index (χ0v) is 15.3. The first kappa shape index (κ1) is 19.2. The van der Waals surface area contributed by atoms with Crippen molar-refractivity contribution < 1.29 is 9.59 Å². The van der Waals surface area contributed by atoms with E-state index in [9.17, 15) is 9.59 Å². The monoisotopic (exact) mass is 358 g/mol. The van der Waals surface area contributed by atoms with Crippen molar-refractivity contribution in [2.45, 2.75) is 19.9 Å². The molecule has 2 aromatic carbocycles. The summed E-state index contributed by atoms with van der Waals surface area (Å²) in [5.74, 6) is -0.179. The normalized spacial score (nSPS) is 16.9. The molecule has 3 rings (SSSR count). The molecule has 1 atom stereocenters. The number of ketones is 1. The summed E-state index contributed by atoms with van der Waals surface area (Å²) in [6, 6.07) is 14.8. The van der Waals surface area contributed by atoms with Gasteiger partial charge in [0.1, 0.15) is 0 Å². The molecule has 0 spiro atoms. The first-order chi connectivity index (χ1) is 11.6. The minimum atomic E-state index is -0.109. The number of nitrogens with one attached hydrogen (secondary N) is 1. The van der Waals surface area contributed by atoms with E-state index in [0.29, 0.717) is 29.8 Å². The third kappa shape index (κ3) is 4.27. The number of benzene rings is 2. The topological polar surface area (TPSA) is 49.4 Å². The maximum Gasteiger partial charge on any atom is 0.254 e. The molecule has 0 bridgehead atoms. The number of piperazine rings is 1. The number of hydrogen-bond donors (Lipinski definition) is 1. The van der Waals surface area contributed by atoms with Crippen LogP contribution in [0.5, 0.6) is 0 Å². The van der Waals surface area contributed by atoms with Gasteiger partial charge >= 0.3 is 0 Å². The minimum Gasteiger partial charge on any atom is -0.336 e. The van der Waals surface area contributed by atoms with Crippen molar-refractivity contribution >= 4 is 24.1 Å². The van der Waals surface area contributed by atoms with E-state index in [1.165, 1.54) is 0 Å². The Hall–Kier alpha value is -2.17. The fourth-order valence-electron chi connectivity index (χ4n) is 3.02. The van der Waals surface area contributed by atoms with Crippen LogP contribution < -0.4 is 5.32 Å².